The van der Waals surface area contributed by atoms with E-state index in [4.69, 9.17) is 14.2 Å². The lowest BCUT2D eigenvalue weighted by Crippen LogP contribution is -2.60. The van der Waals surface area contributed by atoms with Gasteiger partial charge in [-0.1, -0.05) is 350 Å². The average molecular weight is 1380 g/mol. The number of aliphatic hydroxyl groups excluding tert-OH is 5. The van der Waals surface area contributed by atoms with Crippen molar-refractivity contribution < 1.29 is 49.3 Å². The Kier molecular flexibility index (Phi) is 71.5. The van der Waals surface area contributed by atoms with Crippen LogP contribution in [0.1, 0.15) is 406 Å². The lowest BCUT2D eigenvalue weighted by atomic mass is 9.99. The second kappa shape index (κ2) is 75.3. The molecule has 572 valence electrons. The lowest BCUT2D eigenvalue weighted by molar-refractivity contribution is -0.302. The van der Waals surface area contributed by atoms with Crippen molar-refractivity contribution >= 4 is 11.9 Å². The van der Waals surface area contributed by atoms with E-state index in [0.29, 0.717) is 19.4 Å². The number of carbonyl (C=O) groups is 2. The molecule has 0 aromatic heterocycles. The number of carbonyl (C=O) groups excluding carboxylic acids is 2. The molecule has 1 rings (SSSR count). The van der Waals surface area contributed by atoms with Crippen molar-refractivity contribution in [3.8, 4) is 0 Å². The molecule has 1 aliphatic heterocycles. The molecule has 7 unspecified atom stereocenters. The zero-order valence-corrected chi connectivity index (χ0v) is 64.0. The van der Waals surface area contributed by atoms with Gasteiger partial charge in [-0.2, -0.15) is 0 Å². The topological polar surface area (TPSA) is 175 Å². The number of allylic oxidation sites excluding steroid dienone is 11. The van der Waals surface area contributed by atoms with Gasteiger partial charge < -0.3 is 45.1 Å². The Hall–Kier alpha value is -2.90. The van der Waals surface area contributed by atoms with Crippen molar-refractivity contribution in [2.75, 3.05) is 19.8 Å². The van der Waals surface area contributed by atoms with Gasteiger partial charge >= 0.3 is 5.97 Å². The number of hydrogen-bond donors (Lipinski definition) is 6. The fraction of sp³-hybridized carbons (Fsp3) is 0.839. The maximum atomic E-state index is 13.1. The van der Waals surface area contributed by atoms with Crippen molar-refractivity contribution in [3.63, 3.8) is 0 Å². The minimum Gasteiger partial charge on any atom is -0.466 e. The van der Waals surface area contributed by atoms with Gasteiger partial charge in [0.2, 0.25) is 5.91 Å². The molecular formula is C87H159NO10. The van der Waals surface area contributed by atoms with Crippen LogP contribution in [0.15, 0.2) is 72.9 Å². The van der Waals surface area contributed by atoms with E-state index < -0.39 is 49.5 Å². The Bertz CT molecular complexity index is 1860. The minimum absolute atomic E-state index is 0.0112. The van der Waals surface area contributed by atoms with Gasteiger partial charge in [-0.3, -0.25) is 9.59 Å². The lowest BCUT2D eigenvalue weighted by Gasteiger charge is -2.40. The third-order valence-electron chi connectivity index (χ3n) is 19.7. The van der Waals surface area contributed by atoms with E-state index in [1.165, 1.54) is 302 Å². The predicted molar refractivity (Wildman–Crippen MR) is 416 cm³/mol. The van der Waals surface area contributed by atoms with Gasteiger partial charge in [-0.05, 0) is 116 Å². The van der Waals surface area contributed by atoms with Crippen LogP contribution in [0.2, 0.25) is 0 Å². The average Bonchev–Trinajstić information content (AvgIpc) is 0.823. The summed E-state index contributed by atoms with van der Waals surface area (Å²) in [6.45, 7) is 4.34. The fourth-order valence-corrected chi connectivity index (χ4v) is 13.1. The van der Waals surface area contributed by atoms with E-state index in [-0.39, 0.29) is 18.5 Å². The zero-order chi connectivity index (χ0) is 70.8. The summed E-state index contributed by atoms with van der Waals surface area (Å²) < 4.78 is 16.8. The van der Waals surface area contributed by atoms with Gasteiger partial charge in [0.1, 0.15) is 24.4 Å². The van der Waals surface area contributed by atoms with Gasteiger partial charge in [-0.15, -0.1) is 0 Å². The van der Waals surface area contributed by atoms with Crippen molar-refractivity contribution in [1.82, 2.24) is 5.32 Å². The summed E-state index contributed by atoms with van der Waals surface area (Å²) in [5.74, 6) is -0.181. The molecule has 0 aromatic rings. The second-order valence-electron chi connectivity index (χ2n) is 29.2. The molecule has 1 saturated heterocycles. The van der Waals surface area contributed by atoms with Crippen molar-refractivity contribution in [3.05, 3.63) is 72.9 Å². The predicted octanol–water partition coefficient (Wildman–Crippen LogP) is 23.4. The number of ether oxygens (including phenoxy) is 3. The Labute approximate surface area is 604 Å². The van der Waals surface area contributed by atoms with E-state index in [1.807, 2.05) is 6.08 Å². The number of esters is 1. The summed E-state index contributed by atoms with van der Waals surface area (Å²) in [5, 5.41) is 54.6. The minimum atomic E-state index is -1.58. The molecule has 1 heterocycles. The third-order valence-corrected chi connectivity index (χ3v) is 19.7. The number of nitrogens with one attached hydrogen (secondary N) is 1. The van der Waals surface area contributed by atoms with Crippen LogP contribution >= 0.6 is 0 Å². The molecule has 6 N–H and O–H groups in total. The first-order chi connectivity index (χ1) is 48.2. The monoisotopic (exact) mass is 1380 g/mol. The molecule has 1 fully saturated rings. The van der Waals surface area contributed by atoms with E-state index in [0.717, 1.165) is 77.0 Å². The van der Waals surface area contributed by atoms with Crippen LogP contribution in [0.4, 0.5) is 0 Å². The van der Waals surface area contributed by atoms with Crippen LogP contribution in [0, 0.1) is 0 Å². The second-order valence-corrected chi connectivity index (χ2v) is 29.2. The Morgan fingerprint density at radius 2 is 0.694 bits per heavy atom. The largest absolute Gasteiger partial charge is 0.466 e. The molecule has 0 radical (unpaired) electrons. The number of aliphatic hydroxyl groups is 5. The zero-order valence-electron chi connectivity index (χ0n) is 64.0. The molecule has 11 nitrogen and oxygen atoms in total. The molecule has 0 aromatic carbocycles. The summed E-state index contributed by atoms with van der Waals surface area (Å²) in [6, 6.07) is -0.834. The van der Waals surface area contributed by atoms with Crippen molar-refractivity contribution in [1.29, 1.82) is 0 Å². The van der Waals surface area contributed by atoms with E-state index in [9.17, 15) is 35.1 Å². The first-order valence-electron chi connectivity index (χ1n) is 42.2. The maximum Gasteiger partial charge on any atom is 0.305 e. The summed E-state index contributed by atoms with van der Waals surface area (Å²) in [5.41, 5.74) is 0. The third kappa shape index (κ3) is 62.8. The van der Waals surface area contributed by atoms with Crippen LogP contribution in [-0.2, 0) is 23.8 Å². The molecule has 11 heteroatoms. The van der Waals surface area contributed by atoms with E-state index >= 15 is 0 Å². The van der Waals surface area contributed by atoms with Crippen molar-refractivity contribution in [2.24, 2.45) is 0 Å². The van der Waals surface area contributed by atoms with Crippen LogP contribution in [0.3, 0.4) is 0 Å². The fourth-order valence-electron chi connectivity index (χ4n) is 13.1. The Morgan fingerprint density at radius 1 is 0.378 bits per heavy atom. The molecule has 7 atom stereocenters. The van der Waals surface area contributed by atoms with Gasteiger partial charge in [0.05, 0.1) is 32.0 Å². The number of rotatable bonds is 75. The summed E-state index contributed by atoms with van der Waals surface area (Å²) in [6.07, 6.45) is 93.8. The molecule has 0 aliphatic carbocycles. The highest BCUT2D eigenvalue weighted by atomic mass is 16.7. The summed E-state index contributed by atoms with van der Waals surface area (Å²) >= 11 is 0. The normalized spacial score (nSPS) is 17.6. The smallest absolute Gasteiger partial charge is 0.305 e. The van der Waals surface area contributed by atoms with Crippen LogP contribution < -0.4 is 5.32 Å². The highest BCUT2D eigenvalue weighted by Gasteiger charge is 2.44. The van der Waals surface area contributed by atoms with Gasteiger partial charge in [0.15, 0.2) is 6.29 Å². The highest BCUT2D eigenvalue weighted by molar-refractivity contribution is 5.76. The quantitative estimate of drug-likeness (QED) is 0.0195. The first kappa shape index (κ1) is 93.1. The van der Waals surface area contributed by atoms with Gasteiger partial charge in [0.25, 0.3) is 0 Å². The van der Waals surface area contributed by atoms with E-state index in [2.05, 4.69) is 79.9 Å². The van der Waals surface area contributed by atoms with E-state index in [1.54, 1.807) is 6.08 Å². The van der Waals surface area contributed by atoms with Crippen molar-refractivity contribution in [2.45, 2.75) is 448 Å². The highest BCUT2D eigenvalue weighted by Crippen LogP contribution is 2.24. The molecule has 1 aliphatic rings. The number of hydrogen-bond acceptors (Lipinski definition) is 10. The molecule has 0 bridgehead atoms. The van der Waals surface area contributed by atoms with Gasteiger partial charge in [-0.25, -0.2) is 0 Å². The first-order valence-corrected chi connectivity index (χ1v) is 42.2. The molecule has 1 amide bonds. The van der Waals surface area contributed by atoms with Crippen LogP contribution in [-0.4, -0.2) is 100 Å². The Morgan fingerprint density at radius 3 is 1.08 bits per heavy atom. The maximum absolute atomic E-state index is 13.1. The Balaban J connectivity index is 1.90. The molecule has 0 saturated carbocycles. The molecule has 98 heavy (non-hydrogen) atoms. The van der Waals surface area contributed by atoms with Gasteiger partial charge in [0, 0.05) is 12.8 Å². The van der Waals surface area contributed by atoms with Crippen LogP contribution in [0.5, 0.6) is 0 Å². The molecule has 0 spiro atoms. The standard InChI is InChI=1S/C87H159NO10/c1-3-5-7-9-11-13-15-17-19-43-47-51-55-59-63-67-71-75-83(92)96-76-72-68-64-60-56-52-48-45-42-40-38-36-34-32-30-28-26-24-22-20-21-23-25-27-29-31-33-35-37-39-41-44-46-50-54-58-62-66-70-74-82(91)88-79(78-97-87-86(95)85(94)84(93)81(77-89)98-87)80(90)73-69-65-61-57-53-49-18-16-14-12-10-8-6-4-2/h14,16-17,19-21,24,26,53,57,69,73,79-81,84-87,89-90,93-95H,3-13,15,18,22-23,25,27-52,54-56,58-68,70-72,74-78H2,1-2H3,(H,88,91)/b16-14+,19-17-,21-20-,26-24-,57-53+,73-69+. The summed E-state index contributed by atoms with van der Waals surface area (Å²) in [7, 11) is 0. The number of amides is 1. The molecular weight excluding hydrogens is 1220 g/mol. The number of unbranched alkanes of at least 4 members (excludes halogenated alkanes) is 51. The summed E-state index contributed by atoms with van der Waals surface area (Å²) in [4.78, 5) is 25.2. The SMILES string of the molecule is CCCCCC/C=C/CC/C=C/CC/C=C/C(O)C(COC1OC(CO)C(O)C(O)C1O)NC(=O)CCCCCCCCCCCCCCCCCCC/C=C\C/C=C\CCCCCCCCCCCCCCCCCOC(=O)CCCCCCCCC/C=C\CCCCCCCC. The van der Waals surface area contributed by atoms with Crippen LogP contribution in [0.25, 0.3) is 0 Å².